The average molecular weight is 439 g/mol. The zero-order valence-electron chi connectivity index (χ0n) is 19.2. The van der Waals surface area contributed by atoms with Gasteiger partial charge in [-0.2, -0.15) is 0 Å². The molecule has 0 N–H and O–H groups in total. The Morgan fingerprint density at radius 1 is 1.19 bits per heavy atom. The fourth-order valence-corrected chi connectivity index (χ4v) is 5.20. The summed E-state index contributed by atoms with van der Waals surface area (Å²) in [6, 6.07) is 7.93. The number of nitrogens with zero attached hydrogens (tertiary/aromatic N) is 4. The van der Waals surface area contributed by atoms with Crippen LogP contribution in [0.25, 0.3) is 0 Å². The lowest BCUT2D eigenvalue weighted by Gasteiger charge is -2.44. The van der Waals surface area contributed by atoms with Crippen molar-refractivity contribution in [2.24, 2.45) is 5.92 Å². The van der Waals surface area contributed by atoms with Crippen LogP contribution in [0.3, 0.4) is 0 Å². The molecular formula is C25H34N4O3. The predicted octanol–water partition coefficient (Wildman–Crippen LogP) is 3.84. The van der Waals surface area contributed by atoms with E-state index in [2.05, 4.69) is 16.5 Å². The molecular weight excluding hydrogens is 404 g/mol. The van der Waals surface area contributed by atoms with Gasteiger partial charge in [0.2, 0.25) is 11.8 Å². The average Bonchev–Trinajstić information content (AvgIpc) is 3.38. The molecule has 2 aromatic rings. The predicted molar refractivity (Wildman–Crippen MR) is 122 cm³/mol. The van der Waals surface area contributed by atoms with Crippen LogP contribution >= 0.6 is 0 Å². The van der Waals surface area contributed by atoms with E-state index in [4.69, 9.17) is 4.74 Å². The Balaban J connectivity index is 1.57. The van der Waals surface area contributed by atoms with Gasteiger partial charge < -0.3 is 19.1 Å². The van der Waals surface area contributed by atoms with Gasteiger partial charge in [-0.15, -0.1) is 0 Å². The van der Waals surface area contributed by atoms with Crippen LogP contribution < -0.4 is 4.74 Å². The van der Waals surface area contributed by atoms with Crippen molar-refractivity contribution in [2.75, 3.05) is 26.7 Å². The SMILES string of the molecule is CCCCN1C(=O)CCC(C(=O)N2CCC(n3ccnc3)CC2)C1c1ccccc1OC. The van der Waals surface area contributed by atoms with E-state index in [1.54, 1.807) is 13.3 Å². The van der Waals surface area contributed by atoms with Gasteiger partial charge >= 0.3 is 0 Å². The number of piperidine rings is 2. The maximum atomic E-state index is 13.8. The lowest BCUT2D eigenvalue weighted by Crippen LogP contribution is -2.50. The number of likely N-dealkylation sites (tertiary alicyclic amines) is 2. The Hall–Kier alpha value is -2.83. The summed E-state index contributed by atoms with van der Waals surface area (Å²) >= 11 is 0. The normalized spacial score (nSPS) is 22.2. The van der Waals surface area contributed by atoms with E-state index in [9.17, 15) is 9.59 Å². The minimum Gasteiger partial charge on any atom is -0.496 e. The molecule has 0 radical (unpaired) electrons. The summed E-state index contributed by atoms with van der Waals surface area (Å²) in [5.41, 5.74) is 0.936. The van der Waals surface area contributed by atoms with Gasteiger partial charge in [0, 0.05) is 50.1 Å². The summed E-state index contributed by atoms with van der Waals surface area (Å²) in [4.78, 5) is 34.8. The Morgan fingerprint density at radius 3 is 2.66 bits per heavy atom. The topological polar surface area (TPSA) is 67.7 Å². The molecule has 7 heteroatoms. The van der Waals surface area contributed by atoms with E-state index in [1.165, 1.54) is 0 Å². The number of amides is 2. The van der Waals surface area contributed by atoms with Gasteiger partial charge in [-0.05, 0) is 31.7 Å². The third-order valence-electron chi connectivity index (χ3n) is 6.96. The molecule has 1 aromatic carbocycles. The van der Waals surface area contributed by atoms with E-state index in [0.29, 0.717) is 25.4 Å². The van der Waals surface area contributed by atoms with Crippen molar-refractivity contribution >= 4 is 11.8 Å². The third kappa shape index (κ3) is 4.52. The molecule has 2 atom stereocenters. The first kappa shape index (κ1) is 22.4. The summed E-state index contributed by atoms with van der Waals surface area (Å²) < 4.78 is 7.79. The van der Waals surface area contributed by atoms with E-state index >= 15 is 0 Å². The van der Waals surface area contributed by atoms with Crippen LogP contribution in [0.5, 0.6) is 5.75 Å². The highest BCUT2D eigenvalue weighted by Crippen LogP contribution is 2.42. The Labute approximate surface area is 190 Å². The van der Waals surface area contributed by atoms with Crippen molar-refractivity contribution in [1.82, 2.24) is 19.4 Å². The van der Waals surface area contributed by atoms with Gasteiger partial charge in [-0.25, -0.2) is 4.98 Å². The number of hydrogen-bond donors (Lipinski definition) is 0. The molecule has 2 fully saturated rings. The van der Waals surface area contributed by atoms with Crippen molar-refractivity contribution < 1.29 is 14.3 Å². The van der Waals surface area contributed by atoms with Crippen molar-refractivity contribution in [3.05, 3.63) is 48.5 Å². The molecule has 2 saturated heterocycles. The number of benzene rings is 1. The van der Waals surface area contributed by atoms with Crippen LogP contribution in [0.1, 0.15) is 63.1 Å². The molecule has 0 saturated carbocycles. The summed E-state index contributed by atoms with van der Waals surface area (Å²) in [6.45, 7) is 4.27. The second kappa shape index (κ2) is 10.2. The largest absolute Gasteiger partial charge is 0.496 e. The summed E-state index contributed by atoms with van der Waals surface area (Å²) in [7, 11) is 1.65. The van der Waals surface area contributed by atoms with E-state index < -0.39 is 0 Å². The highest BCUT2D eigenvalue weighted by atomic mass is 16.5. The standard InChI is InChI=1S/C25H34N4O3/c1-3-4-14-29-23(30)10-9-21(24(29)20-7-5-6-8-22(20)32-2)25(31)27-15-11-19(12-16-27)28-17-13-26-18-28/h5-8,13,17-19,21,24H,3-4,9-12,14-16H2,1-2H3. The lowest BCUT2D eigenvalue weighted by molar-refractivity contribution is -0.149. The number of carbonyl (C=O) groups is 2. The van der Waals surface area contributed by atoms with Gasteiger partial charge in [0.05, 0.1) is 25.4 Å². The number of hydrogen-bond acceptors (Lipinski definition) is 4. The molecule has 0 aliphatic carbocycles. The minimum atomic E-state index is -0.280. The van der Waals surface area contributed by atoms with Crippen molar-refractivity contribution in [3.63, 3.8) is 0 Å². The number of para-hydroxylation sites is 1. The molecule has 32 heavy (non-hydrogen) atoms. The van der Waals surface area contributed by atoms with Crippen LogP contribution in [0.4, 0.5) is 0 Å². The molecule has 4 rings (SSSR count). The van der Waals surface area contributed by atoms with Crippen LogP contribution in [0.15, 0.2) is 43.0 Å². The number of ether oxygens (including phenoxy) is 1. The highest BCUT2D eigenvalue weighted by Gasteiger charge is 2.43. The number of unbranched alkanes of at least 4 members (excludes halogenated alkanes) is 1. The van der Waals surface area contributed by atoms with Gasteiger partial charge in [0.15, 0.2) is 0 Å². The zero-order valence-corrected chi connectivity index (χ0v) is 19.2. The van der Waals surface area contributed by atoms with Crippen LogP contribution in [-0.2, 0) is 9.59 Å². The fraction of sp³-hybridized carbons (Fsp3) is 0.560. The second-order valence-corrected chi connectivity index (χ2v) is 8.84. The highest BCUT2D eigenvalue weighted by molar-refractivity contribution is 5.85. The number of imidazole rings is 1. The van der Waals surface area contributed by atoms with Crippen LogP contribution in [0, 0.1) is 5.92 Å². The Kier molecular flexibility index (Phi) is 7.12. The summed E-state index contributed by atoms with van der Waals surface area (Å²) in [5, 5.41) is 0. The molecule has 2 aliphatic rings. The summed E-state index contributed by atoms with van der Waals surface area (Å²) in [5.74, 6) is 0.798. The summed E-state index contributed by atoms with van der Waals surface area (Å²) in [6.07, 6.45) is 10.5. The number of methoxy groups -OCH3 is 1. The Bertz CT molecular complexity index is 906. The first-order chi connectivity index (χ1) is 15.6. The zero-order chi connectivity index (χ0) is 22.5. The number of carbonyl (C=O) groups excluding carboxylic acids is 2. The molecule has 2 aliphatic heterocycles. The molecule has 7 nitrogen and oxygen atoms in total. The second-order valence-electron chi connectivity index (χ2n) is 8.84. The minimum absolute atomic E-state index is 0.136. The molecule has 2 amide bonds. The number of rotatable bonds is 7. The fourth-order valence-electron chi connectivity index (χ4n) is 5.20. The van der Waals surface area contributed by atoms with E-state index in [-0.39, 0.29) is 23.8 Å². The maximum absolute atomic E-state index is 13.8. The Morgan fingerprint density at radius 2 is 1.97 bits per heavy atom. The quantitative estimate of drug-likeness (QED) is 0.659. The lowest BCUT2D eigenvalue weighted by atomic mass is 9.82. The molecule has 0 spiro atoms. The monoisotopic (exact) mass is 438 g/mol. The van der Waals surface area contributed by atoms with Gasteiger partial charge in [-0.1, -0.05) is 31.5 Å². The molecule has 0 bridgehead atoms. The molecule has 172 valence electrons. The smallest absolute Gasteiger partial charge is 0.228 e. The van der Waals surface area contributed by atoms with E-state index in [0.717, 1.165) is 50.1 Å². The van der Waals surface area contributed by atoms with E-state index in [1.807, 2.05) is 46.6 Å². The molecule has 3 heterocycles. The molecule has 1 aromatic heterocycles. The van der Waals surface area contributed by atoms with Crippen molar-refractivity contribution in [1.29, 1.82) is 0 Å². The van der Waals surface area contributed by atoms with Gasteiger partial charge in [-0.3, -0.25) is 9.59 Å². The number of aromatic nitrogens is 2. The van der Waals surface area contributed by atoms with Crippen LogP contribution in [0.2, 0.25) is 0 Å². The van der Waals surface area contributed by atoms with Gasteiger partial charge in [0.1, 0.15) is 5.75 Å². The maximum Gasteiger partial charge on any atom is 0.228 e. The first-order valence-corrected chi connectivity index (χ1v) is 11.8. The van der Waals surface area contributed by atoms with Crippen LogP contribution in [-0.4, -0.2) is 57.9 Å². The first-order valence-electron chi connectivity index (χ1n) is 11.8. The molecule has 2 unspecified atom stereocenters. The van der Waals surface area contributed by atoms with Gasteiger partial charge in [0.25, 0.3) is 0 Å². The third-order valence-corrected chi connectivity index (χ3v) is 6.96. The van der Waals surface area contributed by atoms with Crippen molar-refractivity contribution in [2.45, 2.75) is 57.5 Å². The van der Waals surface area contributed by atoms with Crippen molar-refractivity contribution in [3.8, 4) is 5.75 Å².